The number of nitrogens with zero attached hydrogens (tertiary/aromatic N) is 5. The van der Waals surface area contributed by atoms with Crippen molar-refractivity contribution in [3.8, 4) is 22.2 Å². The van der Waals surface area contributed by atoms with Gasteiger partial charge in [0.15, 0.2) is 5.82 Å². The number of aliphatic imine (C=N–C) groups is 1. The molecule has 1 atom stereocenters. The highest BCUT2D eigenvalue weighted by atomic mass is 35.5. The summed E-state index contributed by atoms with van der Waals surface area (Å²) in [5, 5.41) is 13.6. The topological polar surface area (TPSA) is 111 Å². The van der Waals surface area contributed by atoms with Crippen LogP contribution in [0.1, 0.15) is 64.1 Å². The first-order valence-electron chi connectivity index (χ1n) is 18.7. The number of aryl methyl sites for hydroxylation is 2. The van der Waals surface area contributed by atoms with Gasteiger partial charge in [0.25, 0.3) is 0 Å². The highest BCUT2D eigenvalue weighted by Gasteiger charge is 2.32. The Labute approximate surface area is 346 Å². The summed E-state index contributed by atoms with van der Waals surface area (Å²) in [4.78, 5) is 34.0. The minimum atomic E-state index is -0.520. The van der Waals surface area contributed by atoms with Crippen LogP contribution in [0.4, 0.5) is 5.69 Å². The summed E-state index contributed by atoms with van der Waals surface area (Å²) in [5.41, 5.74) is 5.68. The molecule has 6 aromatic rings. The smallest absolute Gasteiger partial charge is 0.242 e. The quantitative estimate of drug-likeness (QED) is 0.0816. The Kier molecular flexibility index (Phi) is 12.7. The molecule has 4 aromatic carbocycles. The average Bonchev–Trinajstić information content (AvgIpc) is 3.71. The molecule has 1 N–H and O–H groups in total. The highest BCUT2D eigenvalue weighted by molar-refractivity contribution is 7.15. The van der Waals surface area contributed by atoms with E-state index in [0.29, 0.717) is 42.0 Å². The number of thiophene rings is 1. The number of benzene rings is 4. The number of amides is 2. The van der Waals surface area contributed by atoms with Crippen molar-refractivity contribution in [3.05, 3.63) is 147 Å². The molecule has 10 nitrogen and oxygen atoms in total. The maximum Gasteiger partial charge on any atom is 0.242 e. The van der Waals surface area contributed by atoms with Crippen LogP contribution >= 0.6 is 34.5 Å². The van der Waals surface area contributed by atoms with Crippen molar-refractivity contribution >= 4 is 57.8 Å². The Balaban J connectivity index is 0.890. The van der Waals surface area contributed by atoms with E-state index in [1.807, 2.05) is 115 Å². The van der Waals surface area contributed by atoms with Gasteiger partial charge in [0.05, 0.1) is 25.3 Å². The summed E-state index contributed by atoms with van der Waals surface area (Å²) in [7, 11) is 0. The second-order valence-electron chi connectivity index (χ2n) is 13.7. The summed E-state index contributed by atoms with van der Waals surface area (Å²) >= 11 is 13.8. The molecule has 3 heterocycles. The summed E-state index contributed by atoms with van der Waals surface area (Å²) in [6.07, 6.45) is 1.64. The normalized spacial score (nSPS) is 13.2. The van der Waals surface area contributed by atoms with Crippen LogP contribution in [0.2, 0.25) is 5.02 Å². The van der Waals surface area contributed by atoms with E-state index in [1.165, 1.54) is 4.88 Å². The highest BCUT2D eigenvalue weighted by Crippen LogP contribution is 2.39. The molecule has 7 rings (SSSR count). The van der Waals surface area contributed by atoms with Crippen molar-refractivity contribution in [3.63, 3.8) is 0 Å². The third-order valence-electron chi connectivity index (χ3n) is 9.70. The lowest BCUT2D eigenvalue weighted by molar-refractivity contribution is -0.121. The van der Waals surface area contributed by atoms with E-state index in [2.05, 4.69) is 29.4 Å². The van der Waals surface area contributed by atoms with Crippen molar-refractivity contribution in [1.82, 2.24) is 20.1 Å². The average molecular weight is 822 g/mol. The van der Waals surface area contributed by atoms with Crippen molar-refractivity contribution in [1.29, 1.82) is 0 Å². The van der Waals surface area contributed by atoms with Crippen molar-refractivity contribution in [2.45, 2.75) is 52.6 Å². The molecule has 57 heavy (non-hydrogen) atoms. The molecule has 0 bridgehead atoms. The van der Waals surface area contributed by atoms with Crippen LogP contribution in [0, 0.1) is 20.8 Å². The monoisotopic (exact) mass is 820 g/mol. The lowest BCUT2D eigenvalue weighted by Gasteiger charge is -2.22. The number of unbranched alkanes of at least 4 members (excludes halogenated alkanes) is 1. The molecule has 1 aliphatic rings. The molecule has 0 radical (unpaired) electrons. The standard InChI is InChI=1S/C44H42Cl2N6O4S/c1-28-29(2)57-44-41(28)42(32-11-13-33(46)14-12-32)48-38(43-50-49-30(3)52(43)44)25-39(53)47-23-7-8-24-55-35-19-21-37(22-20-35)56-36-17-15-34(16-18-36)51(40(54)26-45)27-31-9-5-4-6-10-31/h4-6,9-22,38H,7-8,23-27H2,1-3H3,(H,47,53)/t38-/m0/s1. The zero-order valence-electron chi connectivity index (χ0n) is 31.9. The number of rotatable bonds is 15. The van der Waals surface area contributed by atoms with Crippen LogP contribution < -0.4 is 19.7 Å². The second kappa shape index (κ2) is 18.2. The summed E-state index contributed by atoms with van der Waals surface area (Å²) in [6.45, 7) is 7.57. The molecule has 13 heteroatoms. The Bertz CT molecular complexity index is 2360. The molecule has 0 aliphatic carbocycles. The van der Waals surface area contributed by atoms with Gasteiger partial charge in [-0.15, -0.1) is 33.1 Å². The number of hydrogen-bond acceptors (Lipinski definition) is 8. The predicted octanol–water partition coefficient (Wildman–Crippen LogP) is 9.73. The van der Waals surface area contributed by atoms with Crippen molar-refractivity contribution in [2.75, 3.05) is 23.9 Å². The van der Waals surface area contributed by atoms with Crippen LogP contribution in [0.5, 0.6) is 17.2 Å². The summed E-state index contributed by atoms with van der Waals surface area (Å²) < 4.78 is 14.1. The maximum atomic E-state index is 13.3. The number of aromatic nitrogens is 3. The minimum Gasteiger partial charge on any atom is -0.494 e. The molecule has 0 fully saturated rings. The number of ether oxygens (including phenoxy) is 2. The van der Waals surface area contributed by atoms with Crippen molar-refractivity contribution < 1.29 is 19.1 Å². The van der Waals surface area contributed by atoms with Gasteiger partial charge in [-0.05, 0) is 105 Å². The van der Waals surface area contributed by atoms with Gasteiger partial charge in [-0.1, -0.05) is 54.1 Å². The zero-order chi connectivity index (χ0) is 39.9. The third kappa shape index (κ3) is 9.39. The maximum absolute atomic E-state index is 13.3. The van der Waals surface area contributed by atoms with Gasteiger partial charge in [0, 0.05) is 33.3 Å². The molecular formula is C44H42Cl2N6O4S. The van der Waals surface area contributed by atoms with Crippen LogP contribution in [0.3, 0.4) is 0 Å². The molecule has 0 unspecified atom stereocenters. The van der Waals surface area contributed by atoms with Crippen LogP contribution in [0.25, 0.3) is 5.00 Å². The first-order valence-corrected chi connectivity index (χ1v) is 20.5. The number of nitrogens with one attached hydrogen (secondary N) is 1. The summed E-state index contributed by atoms with van der Waals surface area (Å²) in [5.74, 6) is 3.03. The van der Waals surface area contributed by atoms with E-state index < -0.39 is 6.04 Å². The number of anilines is 1. The number of fused-ring (bicyclic) bond motifs is 3. The molecule has 0 spiro atoms. The van der Waals surface area contributed by atoms with Crippen LogP contribution in [-0.2, 0) is 16.1 Å². The second-order valence-corrected chi connectivity index (χ2v) is 15.6. The molecule has 2 aromatic heterocycles. The molecule has 0 saturated heterocycles. The number of halogens is 2. The molecule has 0 saturated carbocycles. The van der Waals surface area contributed by atoms with Gasteiger partial charge in [-0.25, -0.2) is 0 Å². The number of hydrogen-bond donors (Lipinski definition) is 1. The fraction of sp³-hybridized carbons (Fsp3) is 0.250. The Morgan fingerprint density at radius 1 is 0.860 bits per heavy atom. The van der Waals surface area contributed by atoms with Gasteiger partial charge >= 0.3 is 0 Å². The minimum absolute atomic E-state index is 0.107. The van der Waals surface area contributed by atoms with E-state index in [0.717, 1.165) is 63.1 Å². The van der Waals surface area contributed by atoms with Gasteiger partial charge in [-0.2, -0.15) is 0 Å². The molecule has 292 valence electrons. The first kappa shape index (κ1) is 39.7. The SMILES string of the molecule is Cc1sc2c(c1C)C(c1ccc(Cl)cc1)=N[C@@H](CC(=O)NCCCCOc1ccc(Oc3ccc(N(Cc4ccccc4)C(=O)CCl)cc3)cc1)c1nnc(C)n1-2. The van der Waals surface area contributed by atoms with Crippen LogP contribution in [-0.4, -0.2) is 51.3 Å². The fourth-order valence-corrected chi connectivity index (χ4v) is 8.11. The van der Waals surface area contributed by atoms with E-state index in [4.69, 9.17) is 37.7 Å². The molecule has 2 amide bonds. The van der Waals surface area contributed by atoms with E-state index >= 15 is 0 Å². The van der Waals surface area contributed by atoms with Gasteiger partial charge in [0.2, 0.25) is 11.8 Å². The number of carbonyl (C=O) groups is 2. The van der Waals surface area contributed by atoms with E-state index in [9.17, 15) is 9.59 Å². The Hall–Kier alpha value is -5.49. The van der Waals surface area contributed by atoms with Crippen molar-refractivity contribution in [2.24, 2.45) is 4.99 Å². The van der Waals surface area contributed by atoms with E-state index in [1.54, 1.807) is 16.2 Å². The van der Waals surface area contributed by atoms with Gasteiger partial charge in [-0.3, -0.25) is 19.1 Å². The lowest BCUT2D eigenvalue weighted by Crippen LogP contribution is -2.31. The number of alkyl halides is 1. The number of carbonyl (C=O) groups excluding carboxylic acids is 2. The largest absolute Gasteiger partial charge is 0.494 e. The predicted molar refractivity (Wildman–Crippen MR) is 227 cm³/mol. The third-order valence-corrected chi connectivity index (χ3v) is 11.4. The van der Waals surface area contributed by atoms with Gasteiger partial charge < -0.3 is 19.7 Å². The first-order chi connectivity index (χ1) is 27.7. The van der Waals surface area contributed by atoms with E-state index in [-0.39, 0.29) is 24.1 Å². The lowest BCUT2D eigenvalue weighted by atomic mass is 9.99. The Morgan fingerprint density at radius 3 is 2.25 bits per heavy atom. The zero-order valence-corrected chi connectivity index (χ0v) is 34.2. The Morgan fingerprint density at radius 2 is 1.54 bits per heavy atom. The fourth-order valence-electron chi connectivity index (χ4n) is 6.62. The molecule has 1 aliphatic heterocycles. The summed E-state index contributed by atoms with van der Waals surface area (Å²) in [6, 6.07) is 31.7. The van der Waals surface area contributed by atoms with Crippen LogP contribution in [0.15, 0.2) is 108 Å². The molecular weight excluding hydrogens is 779 g/mol. The van der Waals surface area contributed by atoms with Gasteiger partial charge in [0.1, 0.15) is 40.0 Å².